The summed E-state index contributed by atoms with van der Waals surface area (Å²) in [5, 5.41) is 0.351. The van der Waals surface area contributed by atoms with E-state index in [0.29, 0.717) is 23.9 Å². The first-order chi connectivity index (χ1) is 9.37. The molecule has 0 saturated carbocycles. The molecular weight excluding hydrogens is 302 g/mol. The van der Waals surface area contributed by atoms with Crippen LogP contribution in [0.1, 0.15) is 12.8 Å². The van der Waals surface area contributed by atoms with Gasteiger partial charge >= 0.3 is 0 Å². The predicted molar refractivity (Wildman–Crippen MR) is 79.2 cm³/mol. The summed E-state index contributed by atoms with van der Waals surface area (Å²) >= 11 is 6.12. The number of sulfonamides is 1. The van der Waals surface area contributed by atoms with Crippen LogP contribution in [0.25, 0.3) is 0 Å². The van der Waals surface area contributed by atoms with Gasteiger partial charge in [-0.3, -0.25) is 0 Å². The van der Waals surface area contributed by atoms with E-state index in [2.05, 4.69) is 14.7 Å². The molecule has 1 fully saturated rings. The van der Waals surface area contributed by atoms with Gasteiger partial charge in [0, 0.05) is 19.6 Å². The largest absolute Gasteiger partial charge is 0.382 e. The number of rotatable bonds is 4. The Morgan fingerprint density at radius 3 is 3.00 bits per heavy atom. The number of nitrogens with zero attached hydrogens (tertiary/aromatic N) is 3. The summed E-state index contributed by atoms with van der Waals surface area (Å²) in [4.78, 5) is 10.0. The summed E-state index contributed by atoms with van der Waals surface area (Å²) in [6, 6.07) is 0. The lowest BCUT2D eigenvalue weighted by Gasteiger charge is -2.34. The molecule has 1 aliphatic rings. The summed E-state index contributed by atoms with van der Waals surface area (Å²) in [5.41, 5.74) is 5.68. The Morgan fingerprint density at radius 1 is 1.55 bits per heavy atom. The molecule has 9 heteroatoms. The molecule has 1 atom stereocenters. The fourth-order valence-corrected chi connectivity index (χ4v) is 3.04. The number of hydrogen-bond acceptors (Lipinski definition) is 6. The maximum Gasteiger partial charge on any atom is 0.208 e. The Balaban J connectivity index is 2.05. The number of anilines is 2. The van der Waals surface area contributed by atoms with Crippen LogP contribution in [0.15, 0.2) is 6.33 Å². The second kappa shape index (κ2) is 6.11. The zero-order valence-corrected chi connectivity index (χ0v) is 12.8. The molecule has 2 rings (SSSR count). The maximum atomic E-state index is 11.1. The molecule has 0 spiro atoms. The second-order valence-corrected chi connectivity index (χ2v) is 7.18. The SMILES string of the molecule is CS(=O)(=O)NC[C@H]1CCCN(c2ncnc(N)c2Cl)C1. The third kappa shape index (κ3) is 3.94. The molecule has 1 aromatic rings. The van der Waals surface area contributed by atoms with Crippen molar-refractivity contribution in [3.05, 3.63) is 11.3 Å². The Labute approximate surface area is 123 Å². The van der Waals surface area contributed by atoms with Gasteiger partial charge in [-0.2, -0.15) is 0 Å². The van der Waals surface area contributed by atoms with E-state index in [1.54, 1.807) is 0 Å². The standard InChI is InChI=1S/C11H18ClN5O2S/c1-20(18,19)16-5-8-3-2-4-17(6-8)11-9(12)10(13)14-7-15-11/h7-8,16H,2-6H2,1H3,(H2,13,14,15)/t8-/m1/s1. The van der Waals surface area contributed by atoms with Gasteiger partial charge in [0.2, 0.25) is 10.0 Å². The van der Waals surface area contributed by atoms with Gasteiger partial charge in [-0.15, -0.1) is 0 Å². The smallest absolute Gasteiger partial charge is 0.208 e. The molecule has 2 heterocycles. The van der Waals surface area contributed by atoms with E-state index >= 15 is 0 Å². The van der Waals surface area contributed by atoms with Crippen molar-refractivity contribution in [2.45, 2.75) is 12.8 Å². The third-order valence-corrected chi connectivity index (χ3v) is 4.30. The highest BCUT2D eigenvalue weighted by atomic mass is 35.5. The van der Waals surface area contributed by atoms with Crippen molar-refractivity contribution in [1.29, 1.82) is 0 Å². The molecule has 0 radical (unpaired) electrons. The highest BCUT2D eigenvalue weighted by molar-refractivity contribution is 7.88. The van der Waals surface area contributed by atoms with Crippen LogP contribution in [-0.2, 0) is 10.0 Å². The first-order valence-corrected chi connectivity index (χ1v) is 8.59. The Kier molecular flexibility index (Phi) is 4.66. The van der Waals surface area contributed by atoms with E-state index in [-0.39, 0.29) is 11.7 Å². The highest BCUT2D eigenvalue weighted by Gasteiger charge is 2.24. The summed E-state index contributed by atoms with van der Waals surface area (Å²) in [6.45, 7) is 1.94. The molecule has 112 valence electrons. The van der Waals surface area contributed by atoms with E-state index in [9.17, 15) is 8.42 Å². The van der Waals surface area contributed by atoms with Crippen molar-refractivity contribution in [2.75, 3.05) is 36.5 Å². The van der Waals surface area contributed by atoms with E-state index in [0.717, 1.165) is 25.6 Å². The fraction of sp³-hybridized carbons (Fsp3) is 0.636. The van der Waals surface area contributed by atoms with E-state index in [1.807, 2.05) is 4.90 Å². The summed E-state index contributed by atoms with van der Waals surface area (Å²) in [6.07, 6.45) is 4.47. The zero-order valence-electron chi connectivity index (χ0n) is 11.2. The van der Waals surface area contributed by atoms with Gasteiger partial charge in [-0.05, 0) is 18.8 Å². The van der Waals surface area contributed by atoms with Crippen molar-refractivity contribution in [3.8, 4) is 0 Å². The van der Waals surface area contributed by atoms with Crippen LogP contribution < -0.4 is 15.4 Å². The minimum atomic E-state index is -3.16. The molecule has 0 aliphatic carbocycles. The van der Waals surface area contributed by atoms with Crippen LogP contribution in [0.5, 0.6) is 0 Å². The number of nitrogen functional groups attached to an aromatic ring is 1. The number of piperidine rings is 1. The Bertz CT molecular complexity index is 580. The molecule has 0 amide bonds. The molecule has 3 N–H and O–H groups in total. The topological polar surface area (TPSA) is 101 Å². The molecule has 0 aromatic carbocycles. The number of aromatic nitrogens is 2. The monoisotopic (exact) mass is 319 g/mol. The maximum absolute atomic E-state index is 11.1. The van der Waals surface area contributed by atoms with Crippen LogP contribution in [0.3, 0.4) is 0 Å². The van der Waals surface area contributed by atoms with Crippen molar-refractivity contribution >= 4 is 33.3 Å². The van der Waals surface area contributed by atoms with E-state index in [1.165, 1.54) is 6.33 Å². The number of hydrogen-bond donors (Lipinski definition) is 2. The molecule has 7 nitrogen and oxygen atoms in total. The van der Waals surface area contributed by atoms with Gasteiger partial charge in [0.05, 0.1) is 6.26 Å². The van der Waals surface area contributed by atoms with Crippen molar-refractivity contribution in [3.63, 3.8) is 0 Å². The molecule has 1 aliphatic heterocycles. The lowest BCUT2D eigenvalue weighted by Crippen LogP contribution is -2.41. The minimum absolute atomic E-state index is 0.228. The lowest BCUT2D eigenvalue weighted by molar-refractivity contribution is 0.409. The summed E-state index contributed by atoms with van der Waals surface area (Å²) < 4.78 is 24.8. The minimum Gasteiger partial charge on any atom is -0.382 e. The van der Waals surface area contributed by atoms with Gasteiger partial charge in [-0.1, -0.05) is 11.6 Å². The van der Waals surface area contributed by atoms with E-state index in [4.69, 9.17) is 17.3 Å². The quantitative estimate of drug-likeness (QED) is 0.837. The normalized spacial score (nSPS) is 20.1. The average Bonchev–Trinajstić information content (AvgIpc) is 2.39. The second-order valence-electron chi connectivity index (χ2n) is 4.97. The Morgan fingerprint density at radius 2 is 2.30 bits per heavy atom. The van der Waals surface area contributed by atoms with Gasteiger partial charge < -0.3 is 10.6 Å². The molecule has 1 saturated heterocycles. The average molecular weight is 320 g/mol. The van der Waals surface area contributed by atoms with Crippen molar-refractivity contribution in [2.24, 2.45) is 5.92 Å². The zero-order chi connectivity index (χ0) is 14.8. The summed E-state index contributed by atoms with van der Waals surface area (Å²) in [7, 11) is -3.16. The molecule has 0 unspecified atom stereocenters. The van der Waals surface area contributed by atoms with Crippen LogP contribution in [0.4, 0.5) is 11.6 Å². The predicted octanol–water partition coefficient (Wildman–Crippen LogP) is 0.478. The molecule has 20 heavy (non-hydrogen) atoms. The fourth-order valence-electron chi connectivity index (χ4n) is 2.29. The van der Waals surface area contributed by atoms with Gasteiger partial charge in [0.15, 0.2) is 5.82 Å². The summed E-state index contributed by atoms with van der Waals surface area (Å²) in [5.74, 6) is 1.10. The number of nitrogens with two attached hydrogens (primary N) is 1. The van der Waals surface area contributed by atoms with Crippen LogP contribution >= 0.6 is 11.6 Å². The number of nitrogens with one attached hydrogen (secondary N) is 1. The van der Waals surface area contributed by atoms with Crippen molar-refractivity contribution in [1.82, 2.24) is 14.7 Å². The highest BCUT2D eigenvalue weighted by Crippen LogP contribution is 2.30. The van der Waals surface area contributed by atoms with Gasteiger partial charge in [0.25, 0.3) is 0 Å². The van der Waals surface area contributed by atoms with Crippen LogP contribution in [-0.4, -0.2) is 44.3 Å². The van der Waals surface area contributed by atoms with Crippen LogP contribution in [0.2, 0.25) is 5.02 Å². The molecule has 0 bridgehead atoms. The van der Waals surface area contributed by atoms with Crippen molar-refractivity contribution < 1.29 is 8.42 Å². The van der Waals surface area contributed by atoms with Gasteiger partial charge in [-0.25, -0.2) is 23.1 Å². The first kappa shape index (κ1) is 15.3. The van der Waals surface area contributed by atoms with Gasteiger partial charge in [0.1, 0.15) is 17.2 Å². The first-order valence-electron chi connectivity index (χ1n) is 6.32. The molecule has 1 aromatic heterocycles. The third-order valence-electron chi connectivity index (χ3n) is 3.25. The number of halogens is 1. The van der Waals surface area contributed by atoms with Crippen LogP contribution in [0, 0.1) is 5.92 Å². The Hall–Kier alpha value is -1.12. The molecular formula is C11H18ClN5O2S. The van der Waals surface area contributed by atoms with E-state index < -0.39 is 10.0 Å². The lowest BCUT2D eigenvalue weighted by atomic mass is 9.98.